The molecule has 2 bridgehead atoms. The summed E-state index contributed by atoms with van der Waals surface area (Å²) in [5.74, 6) is 2.61. The average Bonchev–Trinajstić information content (AvgIpc) is 2.86. The van der Waals surface area contributed by atoms with E-state index in [1.54, 1.807) is 0 Å². The predicted molar refractivity (Wildman–Crippen MR) is 79.7 cm³/mol. The van der Waals surface area contributed by atoms with Crippen molar-refractivity contribution in [2.75, 3.05) is 13.6 Å². The van der Waals surface area contributed by atoms with Crippen molar-refractivity contribution in [1.82, 2.24) is 4.90 Å². The monoisotopic (exact) mass is 299 g/mol. The molecule has 4 aliphatic rings. The van der Waals surface area contributed by atoms with Gasteiger partial charge in [0, 0.05) is 12.5 Å². The van der Waals surface area contributed by atoms with Crippen molar-refractivity contribution < 1.29 is 9.53 Å². The minimum Gasteiger partial charge on any atom is -0.460 e. The summed E-state index contributed by atoms with van der Waals surface area (Å²) < 4.78 is 5.88. The second-order valence-corrected chi connectivity index (χ2v) is 7.88. The molecule has 3 nitrogen and oxygen atoms in total. The zero-order valence-corrected chi connectivity index (χ0v) is 13.7. The highest BCUT2D eigenvalue weighted by atomic mass is 35.5. The van der Waals surface area contributed by atoms with E-state index in [1.807, 2.05) is 0 Å². The maximum Gasteiger partial charge on any atom is 0.310 e. The minimum absolute atomic E-state index is 0. The third kappa shape index (κ3) is 1.44. The van der Waals surface area contributed by atoms with Crippen LogP contribution in [-0.4, -0.2) is 36.6 Å². The second kappa shape index (κ2) is 4.36. The molecule has 2 aliphatic carbocycles. The number of likely N-dealkylation sites (tertiary alicyclic amines) is 1. The smallest absolute Gasteiger partial charge is 0.310 e. The van der Waals surface area contributed by atoms with Gasteiger partial charge in [0.25, 0.3) is 0 Å². The number of fused-ring (bicyclic) bond motifs is 4. The van der Waals surface area contributed by atoms with Gasteiger partial charge < -0.3 is 4.74 Å². The summed E-state index contributed by atoms with van der Waals surface area (Å²) in [4.78, 5) is 14.9. The normalized spacial score (nSPS) is 53.0. The first kappa shape index (κ1) is 14.6. The van der Waals surface area contributed by atoms with Gasteiger partial charge in [0.05, 0.1) is 12.0 Å². The lowest BCUT2D eigenvalue weighted by Gasteiger charge is -2.49. The lowest BCUT2D eigenvalue weighted by molar-refractivity contribution is -0.145. The summed E-state index contributed by atoms with van der Waals surface area (Å²) in [6, 6.07) is 0.458. The zero-order valence-electron chi connectivity index (χ0n) is 12.8. The van der Waals surface area contributed by atoms with Gasteiger partial charge in [-0.1, -0.05) is 20.8 Å². The second-order valence-electron chi connectivity index (χ2n) is 7.88. The van der Waals surface area contributed by atoms with Crippen LogP contribution >= 0.6 is 12.4 Å². The lowest BCUT2D eigenvalue weighted by atomic mass is 9.55. The van der Waals surface area contributed by atoms with Gasteiger partial charge in [0.1, 0.15) is 6.10 Å². The van der Waals surface area contributed by atoms with Crippen molar-refractivity contribution in [1.29, 1.82) is 0 Å². The zero-order chi connectivity index (χ0) is 13.5. The number of carbonyl (C=O) groups excluding carboxylic acids is 1. The highest BCUT2D eigenvalue weighted by molar-refractivity contribution is 5.85. The summed E-state index contributed by atoms with van der Waals surface area (Å²) in [6.07, 6.45) is 2.69. The molecule has 0 unspecified atom stereocenters. The number of hydrogen-bond donors (Lipinski definition) is 0. The van der Waals surface area contributed by atoms with Crippen LogP contribution in [0.15, 0.2) is 0 Å². The van der Waals surface area contributed by atoms with Gasteiger partial charge in [-0.2, -0.15) is 0 Å². The standard InChI is InChI=1S/C16H25NO2.ClH/c1-8(2)11-12-10-6-5-9-7-17(4)14(16(9,10)3)13(11)19-15(12)18;/h8-14H,5-7H2,1-4H3;1H/t9-,10+,11-,12+,13+,14-,16+;/m0./s1. The van der Waals surface area contributed by atoms with Crippen molar-refractivity contribution in [2.24, 2.45) is 35.0 Å². The molecule has 4 rings (SSSR count). The van der Waals surface area contributed by atoms with E-state index in [-0.39, 0.29) is 30.4 Å². The maximum atomic E-state index is 12.4. The summed E-state index contributed by atoms with van der Waals surface area (Å²) in [6.45, 7) is 8.17. The van der Waals surface area contributed by atoms with E-state index in [2.05, 4.69) is 32.7 Å². The van der Waals surface area contributed by atoms with Gasteiger partial charge in [-0.25, -0.2) is 0 Å². The number of halogens is 1. The molecule has 4 fully saturated rings. The maximum absolute atomic E-state index is 12.4. The van der Waals surface area contributed by atoms with Gasteiger partial charge in [-0.3, -0.25) is 9.69 Å². The molecule has 7 atom stereocenters. The van der Waals surface area contributed by atoms with E-state index >= 15 is 0 Å². The number of likely N-dealkylation sites (N-methyl/N-ethyl adjacent to an activating group) is 1. The first-order chi connectivity index (χ1) is 8.96. The molecule has 0 aromatic heterocycles. The lowest BCUT2D eigenvalue weighted by Crippen LogP contribution is -2.57. The summed E-state index contributed by atoms with van der Waals surface area (Å²) >= 11 is 0. The van der Waals surface area contributed by atoms with Crippen molar-refractivity contribution in [3.8, 4) is 0 Å². The van der Waals surface area contributed by atoms with Crippen LogP contribution in [-0.2, 0) is 9.53 Å². The molecule has 2 saturated carbocycles. The fourth-order valence-corrected chi connectivity index (χ4v) is 6.32. The third-order valence-electron chi connectivity index (χ3n) is 6.96. The SMILES string of the molecule is CC(C)[C@@H]1[C@H]2OC(=O)[C@@H]1[C@H]1CC[C@H]3CN(C)[C@@H]2[C@]31C.Cl. The molecule has 4 heteroatoms. The Bertz CT molecular complexity index is 440. The molecular formula is C16H26ClNO2. The van der Waals surface area contributed by atoms with Gasteiger partial charge in [-0.15, -0.1) is 12.4 Å². The molecule has 0 aromatic rings. The summed E-state index contributed by atoms with van der Waals surface area (Å²) in [7, 11) is 2.23. The molecule has 114 valence electrons. The molecule has 2 heterocycles. The van der Waals surface area contributed by atoms with Crippen LogP contribution in [0.1, 0.15) is 33.6 Å². The highest BCUT2D eigenvalue weighted by Crippen LogP contribution is 2.66. The van der Waals surface area contributed by atoms with E-state index in [1.165, 1.54) is 19.4 Å². The van der Waals surface area contributed by atoms with Crippen molar-refractivity contribution >= 4 is 18.4 Å². The summed E-state index contributed by atoms with van der Waals surface area (Å²) in [5.41, 5.74) is 0.321. The van der Waals surface area contributed by atoms with Crippen LogP contribution < -0.4 is 0 Å². The number of esters is 1. The van der Waals surface area contributed by atoms with Crippen LogP contribution in [0.2, 0.25) is 0 Å². The first-order valence-corrected chi connectivity index (χ1v) is 7.87. The van der Waals surface area contributed by atoms with Crippen LogP contribution in [0.3, 0.4) is 0 Å². The molecule has 2 saturated heterocycles. The Kier molecular flexibility index (Phi) is 3.19. The molecule has 2 aliphatic heterocycles. The van der Waals surface area contributed by atoms with Crippen LogP contribution in [0.4, 0.5) is 0 Å². The number of ether oxygens (including phenoxy) is 1. The minimum atomic E-state index is 0. The largest absolute Gasteiger partial charge is 0.460 e. The van der Waals surface area contributed by atoms with Gasteiger partial charge >= 0.3 is 5.97 Å². The number of carbonyl (C=O) groups is 1. The Morgan fingerprint density at radius 1 is 1.35 bits per heavy atom. The Labute approximate surface area is 127 Å². The number of hydrogen-bond acceptors (Lipinski definition) is 3. The Morgan fingerprint density at radius 3 is 2.70 bits per heavy atom. The molecule has 0 radical (unpaired) electrons. The predicted octanol–water partition coefficient (Wildman–Crippen LogP) is 2.58. The van der Waals surface area contributed by atoms with Crippen LogP contribution in [0, 0.1) is 35.0 Å². The Morgan fingerprint density at radius 2 is 2.05 bits per heavy atom. The Balaban J connectivity index is 0.00000121. The summed E-state index contributed by atoms with van der Waals surface area (Å²) in [5, 5.41) is 0. The topological polar surface area (TPSA) is 29.5 Å². The average molecular weight is 300 g/mol. The van der Waals surface area contributed by atoms with E-state index in [0.717, 1.165) is 5.92 Å². The van der Waals surface area contributed by atoms with Crippen LogP contribution in [0.5, 0.6) is 0 Å². The van der Waals surface area contributed by atoms with Gasteiger partial charge in [-0.05, 0) is 43.1 Å². The highest BCUT2D eigenvalue weighted by Gasteiger charge is 2.71. The van der Waals surface area contributed by atoms with Crippen molar-refractivity contribution in [3.63, 3.8) is 0 Å². The number of nitrogens with zero attached hydrogens (tertiary/aromatic N) is 1. The van der Waals surface area contributed by atoms with Crippen LogP contribution in [0.25, 0.3) is 0 Å². The first-order valence-electron chi connectivity index (χ1n) is 7.87. The van der Waals surface area contributed by atoms with Crippen molar-refractivity contribution in [2.45, 2.75) is 45.8 Å². The van der Waals surface area contributed by atoms with E-state index in [0.29, 0.717) is 29.2 Å². The number of rotatable bonds is 1. The third-order valence-corrected chi connectivity index (χ3v) is 6.96. The molecule has 0 spiro atoms. The van der Waals surface area contributed by atoms with Gasteiger partial charge in [0.15, 0.2) is 0 Å². The fraction of sp³-hybridized carbons (Fsp3) is 0.938. The van der Waals surface area contributed by atoms with E-state index in [4.69, 9.17) is 4.74 Å². The molecular weight excluding hydrogens is 274 g/mol. The van der Waals surface area contributed by atoms with Crippen molar-refractivity contribution in [3.05, 3.63) is 0 Å². The quantitative estimate of drug-likeness (QED) is 0.697. The Hall–Kier alpha value is -0.280. The molecule has 0 N–H and O–H groups in total. The fourth-order valence-electron chi connectivity index (χ4n) is 6.32. The molecule has 0 amide bonds. The molecule has 20 heavy (non-hydrogen) atoms. The van der Waals surface area contributed by atoms with E-state index < -0.39 is 0 Å². The van der Waals surface area contributed by atoms with E-state index in [9.17, 15) is 4.79 Å². The molecule has 0 aromatic carbocycles. The van der Waals surface area contributed by atoms with Gasteiger partial charge in [0.2, 0.25) is 0 Å².